The van der Waals surface area contributed by atoms with Crippen LogP contribution in [-0.4, -0.2) is 55.7 Å². The third-order valence-electron chi connectivity index (χ3n) is 4.27. The Bertz CT molecular complexity index is 853. The number of aromatic nitrogens is 2. The highest BCUT2D eigenvalue weighted by atomic mass is 16.2. The minimum Gasteiger partial charge on any atom is -0.369 e. The molecule has 4 rings (SSSR count). The van der Waals surface area contributed by atoms with E-state index in [1.165, 1.54) is 18.1 Å². The van der Waals surface area contributed by atoms with E-state index in [0.717, 1.165) is 37.6 Å². The van der Waals surface area contributed by atoms with Gasteiger partial charge in [-0.15, -0.1) is 0 Å². The lowest BCUT2D eigenvalue weighted by molar-refractivity contribution is 0.0947. The van der Waals surface area contributed by atoms with Crippen molar-refractivity contribution in [2.45, 2.75) is 0 Å². The van der Waals surface area contributed by atoms with E-state index >= 15 is 0 Å². The molecule has 1 fully saturated rings. The molecule has 8 nitrogen and oxygen atoms in total. The van der Waals surface area contributed by atoms with Crippen LogP contribution < -0.4 is 25.8 Å². The van der Waals surface area contributed by atoms with Crippen LogP contribution in [0.1, 0.15) is 13.1 Å². The standard InChI is InChI=1S/C17H21N7O/c1-23-11-20-16(25)14-10-19-17(22-15(14)23)21-12-2-4-13(5-3-12)24-8-6-18-7-9-24/h2-5,10,18H,6-9,11H2,1H3,(H,20,25)(H,19,21,22)/i11D2. The summed E-state index contributed by atoms with van der Waals surface area (Å²) in [5.41, 5.74) is 2.23. The second-order valence-corrected chi connectivity index (χ2v) is 5.96. The number of fused-ring (bicyclic) bond motifs is 1. The molecule has 3 heterocycles. The minimum atomic E-state index is -2.00. The second kappa shape index (κ2) is 6.56. The molecule has 1 aromatic heterocycles. The SMILES string of the molecule is [2H]C1([2H])NC(=O)c2cnc(Nc3ccc(N4CCNCC4)cc3)nc2N1C. The maximum Gasteiger partial charge on any atom is 0.258 e. The molecular formula is C17H21N7O. The van der Waals surface area contributed by atoms with E-state index in [9.17, 15) is 4.79 Å². The van der Waals surface area contributed by atoms with Crippen LogP contribution in [0.5, 0.6) is 0 Å². The van der Waals surface area contributed by atoms with E-state index < -0.39 is 12.5 Å². The van der Waals surface area contributed by atoms with Gasteiger partial charge in [0.05, 0.1) is 9.36 Å². The number of nitrogens with one attached hydrogen (secondary N) is 3. The average molecular weight is 341 g/mol. The first kappa shape index (κ1) is 13.4. The molecule has 1 saturated heterocycles. The molecule has 0 spiro atoms. The zero-order valence-electron chi connectivity index (χ0n) is 15.9. The van der Waals surface area contributed by atoms with Gasteiger partial charge in [-0.1, -0.05) is 0 Å². The Labute approximate surface area is 149 Å². The lowest BCUT2D eigenvalue weighted by atomic mass is 10.2. The summed E-state index contributed by atoms with van der Waals surface area (Å²) >= 11 is 0. The van der Waals surface area contributed by atoms with Gasteiger partial charge in [0.25, 0.3) is 5.91 Å². The van der Waals surface area contributed by atoms with Crippen molar-refractivity contribution in [3.8, 4) is 0 Å². The van der Waals surface area contributed by atoms with Gasteiger partial charge in [0.15, 0.2) is 0 Å². The van der Waals surface area contributed by atoms with Crippen LogP contribution in [0.15, 0.2) is 30.5 Å². The Morgan fingerprint density at radius 1 is 1.24 bits per heavy atom. The summed E-state index contributed by atoms with van der Waals surface area (Å²) in [7, 11) is 1.54. The van der Waals surface area contributed by atoms with E-state index in [1.807, 2.05) is 24.3 Å². The van der Waals surface area contributed by atoms with Gasteiger partial charge in [-0.25, -0.2) is 4.98 Å². The van der Waals surface area contributed by atoms with Crippen molar-refractivity contribution in [1.29, 1.82) is 0 Å². The van der Waals surface area contributed by atoms with Gasteiger partial charge in [0.1, 0.15) is 11.4 Å². The number of hydrogen-bond donors (Lipinski definition) is 3. The van der Waals surface area contributed by atoms with Crippen LogP contribution >= 0.6 is 0 Å². The van der Waals surface area contributed by atoms with E-state index in [4.69, 9.17) is 2.74 Å². The first-order chi connectivity index (χ1) is 12.9. The minimum absolute atomic E-state index is 0.243. The Morgan fingerprint density at radius 2 is 2.00 bits per heavy atom. The molecule has 8 heteroatoms. The van der Waals surface area contributed by atoms with Crippen molar-refractivity contribution in [1.82, 2.24) is 20.6 Å². The van der Waals surface area contributed by atoms with Crippen molar-refractivity contribution in [2.75, 3.05) is 55.0 Å². The van der Waals surface area contributed by atoms with Crippen LogP contribution in [0, 0.1) is 0 Å². The molecule has 0 aliphatic carbocycles. The molecule has 0 unspecified atom stereocenters. The molecule has 0 atom stereocenters. The maximum absolute atomic E-state index is 12.0. The fourth-order valence-electron chi connectivity index (χ4n) is 2.91. The number of nitrogens with zero attached hydrogens (tertiary/aromatic N) is 4. The van der Waals surface area contributed by atoms with Gasteiger partial charge in [-0.05, 0) is 24.3 Å². The molecule has 1 amide bonds. The summed E-state index contributed by atoms with van der Waals surface area (Å²) in [4.78, 5) is 24.1. The molecule has 0 radical (unpaired) electrons. The molecule has 0 saturated carbocycles. The summed E-state index contributed by atoms with van der Waals surface area (Å²) in [6, 6.07) is 8.00. The molecule has 2 aromatic rings. The quantitative estimate of drug-likeness (QED) is 0.760. The lowest BCUT2D eigenvalue weighted by Crippen LogP contribution is -2.43. The second-order valence-electron chi connectivity index (χ2n) is 5.96. The van der Waals surface area contributed by atoms with Crippen LogP contribution in [0.4, 0.5) is 23.1 Å². The number of hydrogen-bond acceptors (Lipinski definition) is 7. The highest BCUT2D eigenvalue weighted by molar-refractivity contribution is 6.00. The molecule has 130 valence electrons. The summed E-state index contributed by atoms with van der Waals surface area (Å²) in [5.74, 6) is 0.0275. The number of anilines is 4. The zero-order valence-corrected chi connectivity index (χ0v) is 13.9. The largest absolute Gasteiger partial charge is 0.369 e. The van der Waals surface area contributed by atoms with Gasteiger partial charge in [0.2, 0.25) is 5.95 Å². The smallest absolute Gasteiger partial charge is 0.258 e. The molecular weight excluding hydrogens is 318 g/mol. The van der Waals surface area contributed by atoms with Crippen molar-refractivity contribution >= 4 is 29.0 Å². The third-order valence-corrected chi connectivity index (χ3v) is 4.27. The van der Waals surface area contributed by atoms with Gasteiger partial charge >= 0.3 is 0 Å². The van der Waals surface area contributed by atoms with Crippen LogP contribution in [-0.2, 0) is 0 Å². The highest BCUT2D eigenvalue weighted by Crippen LogP contribution is 2.23. The number of piperazine rings is 1. The highest BCUT2D eigenvalue weighted by Gasteiger charge is 2.22. The molecule has 1 aromatic carbocycles. The van der Waals surface area contributed by atoms with Crippen molar-refractivity contribution in [3.63, 3.8) is 0 Å². The average Bonchev–Trinajstić information content (AvgIpc) is 2.67. The first-order valence-corrected chi connectivity index (χ1v) is 8.20. The number of carbonyl (C=O) groups is 1. The zero-order chi connectivity index (χ0) is 19.0. The summed E-state index contributed by atoms with van der Waals surface area (Å²) < 4.78 is 15.8. The predicted octanol–water partition coefficient (Wildman–Crippen LogP) is 0.767. The molecule has 2 aliphatic heterocycles. The van der Waals surface area contributed by atoms with E-state index in [0.29, 0.717) is 5.95 Å². The van der Waals surface area contributed by atoms with Crippen molar-refractivity contribution in [2.24, 2.45) is 0 Å². The summed E-state index contributed by atoms with van der Waals surface area (Å²) in [6.45, 7) is 1.93. The number of rotatable bonds is 3. The molecule has 25 heavy (non-hydrogen) atoms. The molecule has 0 bridgehead atoms. The van der Waals surface area contributed by atoms with Gasteiger partial charge in [0, 0.05) is 50.8 Å². The molecule has 2 aliphatic rings. The summed E-state index contributed by atoms with van der Waals surface area (Å²) in [6.07, 6.45) is 1.40. The van der Waals surface area contributed by atoms with Crippen molar-refractivity contribution in [3.05, 3.63) is 36.0 Å². The predicted molar refractivity (Wildman–Crippen MR) is 97.6 cm³/mol. The van der Waals surface area contributed by atoms with E-state index in [1.54, 1.807) is 0 Å². The number of benzene rings is 1. The Kier molecular flexibility index (Phi) is 3.52. The Morgan fingerprint density at radius 3 is 2.76 bits per heavy atom. The van der Waals surface area contributed by atoms with Gasteiger partial charge in [-0.3, -0.25) is 4.79 Å². The fraction of sp³-hybridized carbons (Fsp3) is 0.353. The number of amides is 1. The molecule has 3 N–H and O–H groups in total. The number of carbonyl (C=O) groups excluding carboxylic acids is 1. The maximum atomic E-state index is 12.0. The van der Waals surface area contributed by atoms with Gasteiger partial charge < -0.3 is 25.8 Å². The fourth-order valence-corrected chi connectivity index (χ4v) is 2.91. The van der Waals surface area contributed by atoms with Gasteiger partial charge in [-0.2, -0.15) is 4.98 Å². The summed E-state index contributed by atoms with van der Waals surface area (Å²) in [5, 5.41) is 8.73. The lowest BCUT2D eigenvalue weighted by Gasteiger charge is -2.29. The van der Waals surface area contributed by atoms with Crippen LogP contribution in [0.25, 0.3) is 0 Å². The monoisotopic (exact) mass is 341 g/mol. The van der Waals surface area contributed by atoms with E-state index in [-0.39, 0.29) is 11.4 Å². The Balaban J connectivity index is 1.53. The van der Waals surface area contributed by atoms with E-state index in [2.05, 4.69) is 30.8 Å². The third kappa shape index (κ3) is 3.20. The first-order valence-electron chi connectivity index (χ1n) is 9.20. The van der Waals surface area contributed by atoms with Crippen LogP contribution in [0.3, 0.4) is 0 Å². The normalized spacial score (nSPS) is 20.3. The van der Waals surface area contributed by atoms with Crippen molar-refractivity contribution < 1.29 is 7.54 Å². The Hall–Kier alpha value is -2.87. The van der Waals surface area contributed by atoms with Crippen LogP contribution in [0.2, 0.25) is 0 Å². The topological polar surface area (TPSA) is 85.4 Å².